The monoisotopic (exact) mass is 624 g/mol. The van der Waals surface area contributed by atoms with E-state index in [9.17, 15) is 27.9 Å². The van der Waals surface area contributed by atoms with Crippen LogP contribution in [0.2, 0.25) is 5.02 Å². The summed E-state index contributed by atoms with van der Waals surface area (Å²) in [6.45, 7) is 6.26. The minimum absolute atomic E-state index is 0.115. The van der Waals surface area contributed by atoms with Crippen LogP contribution in [0.3, 0.4) is 0 Å². The van der Waals surface area contributed by atoms with Crippen molar-refractivity contribution in [3.8, 4) is 17.0 Å². The normalized spacial score (nSPS) is 12.8. The van der Waals surface area contributed by atoms with Gasteiger partial charge in [0, 0.05) is 43.4 Å². The molecule has 0 radical (unpaired) electrons. The van der Waals surface area contributed by atoms with Crippen LogP contribution in [0.1, 0.15) is 48.9 Å². The van der Waals surface area contributed by atoms with Gasteiger partial charge >= 0.3 is 12.3 Å². The second-order valence-corrected chi connectivity index (χ2v) is 10.2. The lowest BCUT2D eigenvalue weighted by Gasteiger charge is -2.18. The summed E-state index contributed by atoms with van der Waals surface area (Å²) in [5.41, 5.74) is 2.79. The number of aromatic nitrogens is 2. The number of aliphatic hydroxyl groups is 1. The molecule has 0 aliphatic heterocycles. The van der Waals surface area contributed by atoms with Crippen LogP contribution in [0.15, 0.2) is 48.7 Å². The zero-order valence-electron chi connectivity index (χ0n) is 24.2. The fourth-order valence-corrected chi connectivity index (χ4v) is 4.39. The standard InChI is InChI=1S/C30H36ClF3N4O5/c1-4-38-18-25(37-27(38)13-15-36-29(41)42-5-2)21-8-6-20(7-9-21)16-23(39)12-14-35-28(40)22-10-11-26(24(31)17-22)43-19(3)30(32,33)34/h6-11,17-19,23,39H,4-5,12-16H2,1-3H3,(H,35,40)(H,36,41). The Labute approximate surface area is 253 Å². The molecule has 2 unspecified atom stereocenters. The van der Waals surface area contributed by atoms with Crippen LogP contribution in [0, 0.1) is 0 Å². The van der Waals surface area contributed by atoms with Crippen LogP contribution in [-0.4, -0.2) is 64.7 Å². The molecule has 0 saturated carbocycles. The minimum Gasteiger partial charge on any atom is -0.480 e. The summed E-state index contributed by atoms with van der Waals surface area (Å²) in [6, 6.07) is 11.5. The average Bonchev–Trinajstić information content (AvgIpc) is 3.37. The van der Waals surface area contributed by atoms with Crippen molar-refractivity contribution in [2.24, 2.45) is 0 Å². The van der Waals surface area contributed by atoms with E-state index >= 15 is 0 Å². The van der Waals surface area contributed by atoms with Crippen molar-refractivity contribution >= 4 is 23.6 Å². The first-order chi connectivity index (χ1) is 20.4. The minimum atomic E-state index is -4.54. The number of hydrogen-bond acceptors (Lipinski definition) is 6. The number of halogens is 4. The van der Waals surface area contributed by atoms with Crippen LogP contribution in [0.25, 0.3) is 11.3 Å². The zero-order chi connectivity index (χ0) is 31.6. The van der Waals surface area contributed by atoms with Gasteiger partial charge in [0.15, 0.2) is 6.10 Å². The highest BCUT2D eigenvalue weighted by molar-refractivity contribution is 6.32. The van der Waals surface area contributed by atoms with Gasteiger partial charge in [-0.05, 0) is 57.4 Å². The molecule has 0 fully saturated rings. The molecule has 0 aliphatic rings. The molecule has 13 heteroatoms. The van der Waals surface area contributed by atoms with E-state index in [1.54, 1.807) is 6.92 Å². The number of imidazole rings is 1. The van der Waals surface area contributed by atoms with Crippen molar-refractivity contribution in [2.45, 2.75) is 65.0 Å². The Morgan fingerprint density at radius 2 is 1.81 bits per heavy atom. The molecule has 0 spiro atoms. The third-order valence-corrected chi connectivity index (χ3v) is 6.83. The number of carbonyl (C=O) groups is 2. The Morgan fingerprint density at radius 1 is 1.09 bits per heavy atom. The molecule has 3 rings (SSSR count). The number of nitrogens with one attached hydrogen (secondary N) is 2. The van der Waals surface area contributed by atoms with Gasteiger partial charge in [0.1, 0.15) is 11.6 Å². The molecule has 43 heavy (non-hydrogen) atoms. The molecule has 2 atom stereocenters. The van der Waals surface area contributed by atoms with Gasteiger partial charge in [-0.25, -0.2) is 9.78 Å². The van der Waals surface area contributed by atoms with E-state index in [4.69, 9.17) is 26.1 Å². The highest BCUT2D eigenvalue weighted by atomic mass is 35.5. The summed E-state index contributed by atoms with van der Waals surface area (Å²) in [5.74, 6) is 0.196. The van der Waals surface area contributed by atoms with Crippen LogP contribution < -0.4 is 15.4 Å². The molecule has 1 aromatic heterocycles. The zero-order valence-corrected chi connectivity index (χ0v) is 25.0. The number of aryl methyl sites for hydroxylation is 1. The first kappa shape index (κ1) is 33.7. The van der Waals surface area contributed by atoms with E-state index in [-0.39, 0.29) is 29.3 Å². The van der Waals surface area contributed by atoms with Gasteiger partial charge in [0.05, 0.1) is 23.4 Å². The fraction of sp³-hybridized carbons (Fsp3) is 0.433. The maximum atomic E-state index is 12.7. The van der Waals surface area contributed by atoms with Crippen LogP contribution >= 0.6 is 11.6 Å². The molecular formula is C30H36ClF3N4O5. The molecule has 3 N–H and O–H groups in total. The SMILES string of the molecule is CCOC(=O)NCCc1nc(-c2ccc(CC(O)CCNC(=O)c3ccc(OC(C)C(F)(F)F)c(Cl)c3)cc2)cn1CC. The Kier molecular flexibility index (Phi) is 12.3. The quantitative estimate of drug-likeness (QED) is 0.216. The Bertz CT molecular complexity index is 1360. The van der Waals surface area contributed by atoms with Gasteiger partial charge in [-0.1, -0.05) is 35.9 Å². The summed E-state index contributed by atoms with van der Waals surface area (Å²) >= 11 is 6.01. The van der Waals surface area contributed by atoms with E-state index < -0.39 is 30.4 Å². The van der Waals surface area contributed by atoms with Gasteiger partial charge in [0.2, 0.25) is 0 Å². The highest BCUT2D eigenvalue weighted by Crippen LogP contribution is 2.30. The number of alkyl halides is 3. The van der Waals surface area contributed by atoms with Crippen molar-refractivity contribution in [1.29, 1.82) is 0 Å². The van der Waals surface area contributed by atoms with Crippen molar-refractivity contribution in [3.63, 3.8) is 0 Å². The van der Waals surface area contributed by atoms with Gasteiger partial charge in [-0.2, -0.15) is 13.2 Å². The maximum absolute atomic E-state index is 12.7. The number of benzene rings is 2. The number of ether oxygens (including phenoxy) is 2. The smallest absolute Gasteiger partial charge is 0.425 e. The number of alkyl carbamates (subject to hydrolysis) is 1. The fourth-order valence-electron chi connectivity index (χ4n) is 4.16. The summed E-state index contributed by atoms with van der Waals surface area (Å²) < 4.78 is 49.9. The first-order valence-corrected chi connectivity index (χ1v) is 14.3. The summed E-state index contributed by atoms with van der Waals surface area (Å²) in [4.78, 5) is 28.7. The molecule has 0 saturated heterocycles. The number of carbonyl (C=O) groups excluding carboxylic acids is 2. The van der Waals surface area contributed by atoms with E-state index in [1.807, 2.05) is 42.0 Å². The lowest BCUT2D eigenvalue weighted by atomic mass is 10.0. The molecule has 3 aromatic rings. The number of aliphatic hydroxyl groups excluding tert-OH is 1. The second-order valence-electron chi connectivity index (χ2n) is 9.77. The second kappa shape index (κ2) is 15.6. The highest BCUT2D eigenvalue weighted by Gasteiger charge is 2.38. The third-order valence-electron chi connectivity index (χ3n) is 6.54. The molecule has 0 bridgehead atoms. The molecule has 0 aliphatic carbocycles. The number of nitrogens with zero attached hydrogens (tertiary/aromatic N) is 2. The number of hydrogen-bond donors (Lipinski definition) is 3. The summed E-state index contributed by atoms with van der Waals surface area (Å²) in [7, 11) is 0. The largest absolute Gasteiger partial charge is 0.480 e. The van der Waals surface area contributed by atoms with Crippen molar-refractivity contribution < 1.29 is 37.3 Å². The van der Waals surface area contributed by atoms with Crippen LogP contribution in [0.4, 0.5) is 18.0 Å². The molecule has 1 heterocycles. The Hall–Kier alpha value is -3.77. The van der Waals surface area contributed by atoms with E-state index in [0.717, 1.165) is 36.1 Å². The molecule has 2 amide bonds. The lowest BCUT2D eigenvalue weighted by Crippen LogP contribution is -2.31. The van der Waals surface area contributed by atoms with Gasteiger partial charge in [-0.3, -0.25) is 4.79 Å². The average molecular weight is 625 g/mol. The molecule has 9 nitrogen and oxygen atoms in total. The molecule has 234 valence electrons. The van der Waals surface area contributed by atoms with Gasteiger partial charge in [-0.15, -0.1) is 0 Å². The van der Waals surface area contributed by atoms with Crippen molar-refractivity contribution in [2.75, 3.05) is 19.7 Å². The topological polar surface area (TPSA) is 115 Å². The predicted octanol–water partition coefficient (Wildman–Crippen LogP) is 5.57. The van der Waals surface area contributed by atoms with Crippen LogP contribution in [0.5, 0.6) is 5.75 Å². The van der Waals surface area contributed by atoms with Gasteiger partial charge < -0.3 is 29.8 Å². The first-order valence-electron chi connectivity index (χ1n) is 14.0. The van der Waals surface area contributed by atoms with Crippen molar-refractivity contribution in [3.05, 3.63) is 70.6 Å². The molecular weight excluding hydrogens is 589 g/mol. The Balaban J connectivity index is 1.47. The van der Waals surface area contributed by atoms with Crippen molar-refractivity contribution in [1.82, 2.24) is 20.2 Å². The van der Waals surface area contributed by atoms with E-state index in [0.29, 0.717) is 26.0 Å². The molecule has 2 aromatic carbocycles. The van der Waals surface area contributed by atoms with Gasteiger partial charge in [0.25, 0.3) is 5.91 Å². The third kappa shape index (κ3) is 10.2. The predicted molar refractivity (Wildman–Crippen MR) is 156 cm³/mol. The number of amides is 2. The van der Waals surface area contributed by atoms with E-state index in [2.05, 4.69) is 10.6 Å². The maximum Gasteiger partial charge on any atom is 0.425 e. The number of rotatable bonds is 14. The Morgan fingerprint density at radius 3 is 2.44 bits per heavy atom. The summed E-state index contributed by atoms with van der Waals surface area (Å²) in [5, 5.41) is 15.8. The van der Waals surface area contributed by atoms with E-state index in [1.165, 1.54) is 18.2 Å². The van der Waals surface area contributed by atoms with Crippen LogP contribution in [-0.2, 0) is 24.1 Å². The lowest BCUT2D eigenvalue weighted by molar-refractivity contribution is -0.189. The summed E-state index contributed by atoms with van der Waals surface area (Å²) in [6.07, 6.45) is -4.58.